The van der Waals surface area contributed by atoms with E-state index in [1.165, 1.54) is 36.0 Å². The first-order chi connectivity index (χ1) is 10.9. The topological polar surface area (TPSA) is 44.8 Å². The summed E-state index contributed by atoms with van der Waals surface area (Å²) >= 11 is 0. The van der Waals surface area contributed by atoms with Crippen molar-refractivity contribution in [3.8, 4) is 0 Å². The van der Waals surface area contributed by atoms with Gasteiger partial charge in [0.05, 0.1) is 0 Å². The fourth-order valence-corrected chi connectivity index (χ4v) is 3.40. The number of likely N-dealkylation sites (tertiary alicyclic amines) is 1. The molecular weight excluding hydrogens is 272 g/mol. The van der Waals surface area contributed by atoms with Crippen molar-refractivity contribution < 1.29 is 0 Å². The van der Waals surface area contributed by atoms with Crippen molar-refractivity contribution in [2.45, 2.75) is 25.3 Å². The van der Waals surface area contributed by atoms with Gasteiger partial charge < -0.3 is 4.98 Å². The van der Waals surface area contributed by atoms with Crippen molar-refractivity contribution in [1.82, 2.24) is 19.9 Å². The number of hydrogen-bond donors (Lipinski definition) is 1. The maximum atomic E-state index is 4.41. The predicted octanol–water partition coefficient (Wildman–Crippen LogP) is 3.34. The van der Waals surface area contributed by atoms with E-state index in [4.69, 9.17) is 0 Å². The molecule has 1 aliphatic heterocycles. The maximum Gasteiger partial charge on any atom is 0.137 e. The van der Waals surface area contributed by atoms with Gasteiger partial charge in [0.25, 0.3) is 0 Å². The molecule has 22 heavy (non-hydrogen) atoms. The maximum absolute atomic E-state index is 4.41. The lowest BCUT2D eigenvalue weighted by Gasteiger charge is -2.32. The van der Waals surface area contributed by atoms with Gasteiger partial charge in [0.1, 0.15) is 5.65 Å². The normalized spacial score (nSPS) is 19.5. The third-order valence-electron chi connectivity index (χ3n) is 4.51. The second kappa shape index (κ2) is 5.89. The van der Waals surface area contributed by atoms with Crippen LogP contribution in [0.15, 0.2) is 48.9 Å². The molecule has 1 saturated heterocycles. The number of H-pyrrole nitrogens is 1. The first kappa shape index (κ1) is 13.5. The van der Waals surface area contributed by atoms with E-state index in [-0.39, 0.29) is 0 Å². The Morgan fingerprint density at radius 2 is 2.09 bits per heavy atom. The van der Waals surface area contributed by atoms with Gasteiger partial charge in [-0.25, -0.2) is 4.98 Å². The van der Waals surface area contributed by atoms with Crippen molar-refractivity contribution in [2.24, 2.45) is 0 Å². The summed E-state index contributed by atoms with van der Waals surface area (Å²) in [5.41, 5.74) is 3.67. The third-order valence-corrected chi connectivity index (χ3v) is 4.51. The number of aromatic nitrogens is 3. The van der Waals surface area contributed by atoms with Crippen LogP contribution < -0.4 is 0 Å². The fraction of sp³-hybridized carbons (Fsp3) is 0.333. The number of fused-ring (bicyclic) bond motifs is 1. The van der Waals surface area contributed by atoms with E-state index in [1.54, 1.807) is 0 Å². The molecule has 4 nitrogen and oxygen atoms in total. The van der Waals surface area contributed by atoms with Gasteiger partial charge >= 0.3 is 0 Å². The molecule has 3 aromatic rings. The minimum atomic E-state index is 0.574. The molecule has 0 amide bonds. The molecule has 1 atom stereocenters. The minimum Gasteiger partial charge on any atom is -0.343 e. The second-order valence-corrected chi connectivity index (χ2v) is 6.10. The Balaban J connectivity index is 1.50. The van der Waals surface area contributed by atoms with Crippen molar-refractivity contribution in [3.63, 3.8) is 0 Å². The molecule has 112 valence electrons. The van der Waals surface area contributed by atoms with Crippen LogP contribution in [-0.2, 0) is 6.54 Å². The standard InChI is InChI=1S/C18H20N4/c1-3-15-11-17(21-18(15)20-7-1)16-4-2-10-22(13-16)12-14-5-8-19-9-6-14/h1,3,5-9,11,16H,2,4,10,12-13H2,(H,20,21)/t16-/m1/s1. The van der Waals surface area contributed by atoms with Crippen LogP contribution in [0.5, 0.6) is 0 Å². The van der Waals surface area contributed by atoms with Gasteiger partial charge in [-0.1, -0.05) is 0 Å². The number of pyridine rings is 2. The van der Waals surface area contributed by atoms with Crippen LogP contribution in [-0.4, -0.2) is 32.9 Å². The zero-order valence-corrected chi connectivity index (χ0v) is 12.6. The number of nitrogens with zero attached hydrogens (tertiary/aromatic N) is 3. The molecule has 4 heteroatoms. The summed E-state index contributed by atoms with van der Waals surface area (Å²) < 4.78 is 0. The molecule has 0 saturated carbocycles. The Kier molecular flexibility index (Phi) is 3.60. The van der Waals surface area contributed by atoms with Gasteiger partial charge in [0.2, 0.25) is 0 Å². The molecular formula is C18H20N4. The van der Waals surface area contributed by atoms with Crippen LogP contribution in [0.3, 0.4) is 0 Å². The van der Waals surface area contributed by atoms with E-state index in [0.29, 0.717) is 5.92 Å². The minimum absolute atomic E-state index is 0.574. The van der Waals surface area contributed by atoms with Crippen LogP contribution in [0.2, 0.25) is 0 Å². The average molecular weight is 292 g/mol. The quantitative estimate of drug-likeness (QED) is 0.805. The average Bonchev–Trinajstić information content (AvgIpc) is 3.00. The summed E-state index contributed by atoms with van der Waals surface area (Å²) in [4.78, 5) is 14.5. The monoisotopic (exact) mass is 292 g/mol. The number of aromatic amines is 1. The summed E-state index contributed by atoms with van der Waals surface area (Å²) in [6.45, 7) is 3.30. The molecule has 4 heterocycles. The van der Waals surface area contributed by atoms with Crippen LogP contribution in [0.25, 0.3) is 11.0 Å². The highest BCUT2D eigenvalue weighted by atomic mass is 15.1. The van der Waals surface area contributed by atoms with Crippen LogP contribution in [0.4, 0.5) is 0 Å². The van der Waals surface area contributed by atoms with Gasteiger partial charge in [-0.2, -0.15) is 0 Å². The number of rotatable bonds is 3. The van der Waals surface area contributed by atoms with Gasteiger partial charge in [-0.15, -0.1) is 0 Å². The first-order valence-corrected chi connectivity index (χ1v) is 7.93. The van der Waals surface area contributed by atoms with Crippen molar-refractivity contribution >= 4 is 11.0 Å². The molecule has 4 rings (SSSR count). The number of hydrogen-bond acceptors (Lipinski definition) is 3. The van der Waals surface area contributed by atoms with Gasteiger partial charge in [0, 0.05) is 48.7 Å². The van der Waals surface area contributed by atoms with Crippen LogP contribution >= 0.6 is 0 Å². The Bertz CT molecular complexity index is 717. The zero-order chi connectivity index (χ0) is 14.8. The largest absolute Gasteiger partial charge is 0.343 e. The highest BCUT2D eigenvalue weighted by Gasteiger charge is 2.22. The van der Waals surface area contributed by atoms with Crippen molar-refractivity contribution in [3.05, 3.63) is 60.2 Å². The Morgan fingerprint density at radius 1 is 1.18 bits per heavy atom. The van der Waals surface area contributed by atoms with E-state index < -0.39 is 0 Å². The fourth-order valence-electron chi connectivity index (χ4n) is 3.40. The summed E-state index contributed by atoms with van der Waals surface area (Å²) in [7, 11) is 0. The lowest BCUT2D eigenvalue weighted by atomic mass is 9.94. The lowest BCUT2D eigenvalue weighted by Crippen LogP contribution is -2.34. The van der Waals surface area contributed by atoms with E-state index in [1.807, 2.05) is 24.7 Å². The summed E-state index contributed by atoms with van der Waals surface area (Å²) in [6.07, 6.45) is 8.09. The predicted molar refractivity (Wildman–Crippen MR) is 87.6 cm³/mol. The smallest absolute Gasteiger partial charge is 0.137 e. The SMILES string of the molecule is c1cnc2[nH]c([C@@H]3CCCN(Cc4ccncc4)C3)cc2c1. The molecule has 3 aromatic heterocycles. The highest BCUT2D eigenvalue weighted by molar-refractivity contribution is 5.76. The molecule has 1 fully saturated rings. The second-order valence-electron chi connectivity index (χ2n) is 6.10. The molecule has 1 N–H and O–H groups in total. The summed E-state index contributed by atoms with van der Waals surface area (Å²) in [6, 6.07) is 10.6. The van der Waals surface area contributed by atoms with Gasteiger partial charge in [-0.05, 0) is 55.3 Å². The Labute approximate surface area is 130 Å². The third kappa shape index (κ3) is 2.74. The van der Waals surface area contributed by atoms with E-state index >= 15 is 0 Å². The number of nitrogens with one attached hydrogen (secondary N) is 1. The van der Waals surface area contributed by atoms with Gasteiger partial charge in [-0.3, -0.25) is 9.88 Å². The van der Waals surface area contributed by atoms with E-state index in [2.05, 4.69) is 44.1 Å². The number of piperidine rings is 1. The Hall–Kier alpha value is -2.20. The lowest BCUT2D eigenvalue weighted by molar-refractivity contribution is 0.199. The highest BCUT2D eigenvalue weighted by Crippen LogP contribution is 2.29. The molecule has 0 aromatic carbocycles. The molecule has 0 spiro atoms. The first-order valence-electron chi connectivity index (χ1n) is 7.93. The van der Waals surface area contributed by atoms with Gasteiger partial charge in [0.15, 0.2) is 0 Å². The van der Waals surface area contributed by atoms with Crippen LogP contribution in [0, 0.1) is 0 Å². The summed E-state index contributed by atoms with van der Waals surface area (Å²) in [5.74, 6) is 0.574. The molecule has 0 radical (unpaired) electrons. The molecule has 0 unspecified atom stereocenters. The van der Waals surface area contributed by atoms with E-state index in [0.717, 1.165) is 18.7 Å². The van der Waals surface area contributed by atoms with Crippen molar-refractivity contribution in [2.75, 3.05) is 13.1 Å². The Morgan fingerprint density at radius 3 is 2.95 bits per heavy atom. The van der Waals surface area contributed by atoms with E-state index in [9.17, 15) is 0 Å². The molecule has 0 aliphatic carbocycles. The molecule has 1 aliphatic rings. The summed E-state index contributed by atoms with van der Waals surface area (Å²) in [5, 5.41) is 1.21. The molecule has 0 bridgehead atoms. The van der Waals surface area contributed by atoms with Crippen molar-refractivity contribution in [1.29, 1.82) is 0 Å². The van der Waals surface area contributed by atoms with Crippen LogP contribution in [0.1, 0.15) is 30.0 Å². The zero-order valence-electron chi connectivity index (χ0n) is 12.6.